The number of fused-ring (bicyclic) bond motifs is 1. The Balaban J connectivity index is 2.70. The number of allylic oxidation sites excluding steroid dienone is 1. The fourth-order valence-corrected chi connectivity index (χ4v) is 1.47. The summed E-state index contributed by atoms with van der Waals surface area (Å²) in [5, 5.41) is -0.0105. The lowest BCUT2D eigenvalue weighted by molar-refractivity contribution is -0.111. The third kappa shape index (κ3) is 1.19. The van der Waals surface area contributed by atoms with Gasteiger partial charge >= 0.3 is 0 Å². The van der Waals surface area contributed by atoms with Gasteiger partial charge in [-0.15, -0.1) is 0 Å². The minimum absolute atomic E-state index is 0.0105. The van der Waals surface area contributed by atoms with Crippen LogP contribution in [0.1, 0.15) is 15.9 Å². The minimum atomic E-state index is -0.625. The van der Waals surface area contributed by atoms with Crippen LogP contribution < -0.4 is 0 Å². The van der Waals surface area contributed by atoms with Crippen molar-refractivity contribution in [2.75, 3.05) is 0 Å². The SMILES string of the molecule is O=C1C(=O)c2ccccc2C=C1Cl. The highest BCUT2D eigenvalue weighted by molar-refractivity contribution is 6.63. The number of hydrogen-bond donors (Lipinski definition) is 0. The van der Waals surface area contributed by atoms with E-state index in [0.717, 1.165) is 0 Å². The molecular weight excluding hydrogens is 188 g/mol. The molecule has 0 radical (unpaired) electrons. The number of Topliss-reactive ketones (excluding diaryl/α,β-unsaturated/α-hetero) is 2. The second-order valence-electron chi connectivity index (χ2n) is 2.74. The summed E-state index contributed by atoms with van der Waals surface area (Å²) in [7, 11) is 0. The van der Waals surface area contributed by atoms with Gasteiger partial charge in [-0.05, 0) is 11.6 Å². The lowest BCUT2D eigenvalue weighted by atomic mass is 9.95. The van der Waals surface area contributed by atoms with Gasteiger partial charge < -0.3 is 0 Å². The van der Waals surface area contributed by atoms with Crippen LogP contribution in [0.2, 0.25) is 0 Å². The molecule has 0 saturated carbocycles. The predicted molar refractivity (Wildman–Crippen MR) is 49.6 cm³/mol. The molecule has 1 aliphatic carbocycles. The third-order valence-electron chi connectivity index (χ3n) is 1.91. The lowest BCUT2D eigenvalue weighted by Gasteiger charge is -2.09. The first-order valence-electron chi connectivity index (χ1n) is 3.75. The molecule has 0 heterocycles. The van der Waals surface area contributed by atoms with E-state index in [1.54, 1.807) is 24.3 Å². The highest BCUT2D eigenvalue weighted by atomic mass is 35.5. The molecular formula is C10H5ClO2. The summed E-state index contributed by atoms with van der Waals surface area (Å²) in [4.78, 5) is 22.5. The third-order valence-corrected chi connectivity index (χ3v) is 2.19. The average molecular weight is 193 g/mol. The Bertz CT molecular complexity index is 432. The standard InChI is InChI=1S/C10H5ClO2/c11-8-5-6-3-1-2-4-7(6)9(12)10(8)13/h1-5H. The molecule has 0 aromatic heterocycles. The molecule has 0 bridgehead atoms. The molecule has 2 rings (SSSR count). The molecule has 13 heavy (non-hydrogen) atoms. The van der Waals surface area contributed by atoms with Gasteiger partial charge in [-0.3, -0.25) is 9.59 Å². The van der Waals surface area contributed by atoms with Gasteiger partial charge in [0.05, 0.1) is 5.03 Å². The molecule has 0 amide bonds. The second kappa shape index (κ2) is 2.82. The molecule has 64 valence electrons. The summed E-state index contributed by atoms with van der Waals surface area (Å²) in [5.41, 5.74) is 1.13. The number of carbonyl (C=O) groups is 2. The van der Waals surface area contributed by atoms with E-state index in [4.69, 9.17) is 11.6 Å². The summed E-state index contributed by atoms with van der Waals surface area (Å²) in [6.07, 6.45) is 1.51. The fraction of sp³-hybridized carbons (Fsp3) is 0. The van der Waals surface area contributed by atoms with Crippen LogP contribution in [0.4, 0.5) is 0 Å². The largest absolute Gasteiger partial charge is 0.285 e. The topological polar surface area (TPSA) is 34.1 Å². The summed E-state index contributed by atoms with van der Waals surface area (Å²) in [5.74, 6) is -1.15. The maximum atomic E-state index is 11.4. The van der Waals surface area contributed by atoms with Crippen LogP contribution in [0.5, 0.6) is 0 Å². The molecule has 0 unspecified atom stereocenters. The van der Waals surface area contributed by atoms with Gasteiger partial charge in [-0.25, -0.2) is 0 Å². The van der Waals surface area contributed by atoms with Crippen LogP contribution in [0.3, 0.4) is 0 Å². The summed E-state index contributed by atoms with van der Waals surface area (Å²) >= 11 is 5.58. The van der Waals surface area contributed by atoms with Crippen LogP contribution in [-0.2, 0) is 4.79 Å². The second-order valence-corrected chi connectivity index (χ2v) is 3.14. The van der Waals surface area contributed by atoms with Crippen molar-refractivity contribution < 1.29 is 9.59 Å². The Labute approximate surface area is 79.8 Å². The van der Waals surface area contributed by atoms with Crippen molar-refractivity contribution in [3.05, 3.63) is 40.4 Å². The number of rotatable bonds is 0. The molecule has 1 aromatic rings. The number of ketones is 2. The van der Waals surface area contributed by atoms with E-state index in [2.05, 4.69) is 0 Å². The maximum Gasteiger partial charge on any atom is 0.244 e. The zero-order valence-electron chi connectivity index (χ0n) is 6.58. The van der Waals surface area contributed by atoms with Gasteiger partial charge in [-0.2, -0.15) is 0 Å². The van der Waals surface area contributed by atoms with Crippen LogP contribution >= 0.6 is 11.6 Å². The van der Waals surface area contributed by atoms with Crippen molar-refractivity contribution in [1.29, 1.82) is 0 Å². The Morgan fingerprint density at radius 2 is 1.69 bits per heavy atom. The molecule has 0 fully saturated rings. The first-order valence-corrected chi connectivity index (χ1v) is 4.13. The number of halogens is 1. The Morgan fingerprint density at radius 3 is 2.46 bits per heavy atom. The fourth-order valence-electron chi connectivity index (χ4n) is 1.26. The van der Waals surface area contributed by atoms with E-state index < -0.39 is 11.6 Å². The Hall–Kier alpha value is -1.41. The van der Waals surface area contributed by atoms with Crippen molar-refractivity contribution in [3.8, 4) is 0 Å². The number of benzene rings is 1. The molecule has 0 atom stereocenters. The van der Waals surface area contributed by atoms with E-state index in [-0.39, 0.29) is 5.03 Å². The smallest absolute Gasteiger partial charge is 0.244 e. The van der Waals surface area contributed by atoms with Crippen molar-refractivity contribution in [3.63, 3.8) is 0 Å². The van der Waals surface area contributed by atoms with Crippen molar-refractivity contribution in [2.24, 2.45) is 0 Å². The highest BCUT2D eigenvalue weighted by Gasteiger charge is 2.25. The van der Waals surface area contributed by atoms with Crippen LogP contribution in [0, 0.1) is 0 Å². The van der Waals surface area contributed by atoms with Crippen LogP contribution in [-0.4, -0.2) is 11.6 Å². The normalized spacial score (nSPS) is 15.3. The molecule has 0 saturated heterocycles. The van der Waals surface area contributed by atoms with Crippen molar-refractivity contribution in [2.45, 2.75) is 0 Å². The zero-order valence-corrected chi connectivity index (χ0v) is 7.34. The molecule has 1 aliphatic rings. The number of carbonyl (C=O) groups excluding carboxylic acids is 2. The van der Waals surface area contributed by atoms with E-state index in [9.17, 15) is 9.59 Å². The minimum Gasteiger partial charge on any atom is -0.285 e. The molecule has 0 N–H and O–H groups in total. The average Bonchev–Trinajstić information content (AvgIpc) is 2.15. The van der Waals surface area contributed by atoms with E-state index >= 15 is 0 Å². The zero-order chi connectivity index (χ0) is 9.42. The molecule has 3 heteroatoms. The van der Waals surface area contributed by atoms with Gasteiger partial charge in [0.15, 0.2) is 0 Å². The summed E-state index contributed by atoms with van der Waals surface area (Å²) in [6, 6.07) is 6.89. The first-order chi connectivity index (χ1) is 6.20. The van der Waals surface area contributed by atoms with Gasteiger partial charge in [0, 0.05) is 5.56 Å². The van der Waals surface area contributed by atoms with E-state index in [1.807, 2.05) is 0 Å². The molecule has 0 aliphatic heterocycles. The predicted octanol–water partition coefficient (Wildman–Crippen LogP) is 2.03. The molecule has 1 aromatic carbocycles. The monoisotopic (exact) mass is 192 g/mol. The van der Waals surface area contributed by atoms with Gasteiger partial charge in [0.2, 0.25) is 11.6 Å². The Morgan fingerprint density at radius 1 is 1.00 bits per heavy atom. The van der Waals surface area contributed by atoms with Crippen LogP contribution in [0.25, 0.3) is 6.08 Å². The maximum absolute atomic E-state index is 11.4. The van der Waals surface area contributed by atoms with E-state index in [1.165, 1.54) is 6.08 Å². The lowest BCUT2D eigenvalue weighted by Crippen LogP contribution is -2.18. The van der Waals surface area contributed by atoms with Gasteiger partial charge in [-0.1, -0.05) is 35.9 Å². The van der Waals surface area contributed by atoms with Crippen LogP contribution in [0.15, 0.2) is 29.3 Å². The first kappa shape index (κ1) is 8.20. The molecule has 0 spiro atoms. The summed E-state index contributed by atoms with van der Waals surface area (Å²) < 4.78 is 0. The van der Waals surface area contributed by atoms with Crippen molar-refractivity contribution in [1.82, 2.24) is 0 Å². The number of hydrogen-bond acceptors (Lipinski definition) is 2. The molecule has 2 nitrogen and oxygen atoms in total. The van der Waals surface area contributed by atoms with Gasteiger partial charge in [0.25, 0.3) is 0 Å². The van der Waals surface area contributed by atoms with E-state index in [0.29, 0.717) is 11.1 Å². The van der Waals surface area contributed by atoms with Crippen molar-refractivity contribution >= 4 is 29.2 Å². The van der Waals surface area contributed by atoms with Gasteiger partial charge in [0.1, 0.15) is 0 Å². The quantitative estimate of drug-likeness (QED) is 0.590. The summed E-state index contributed by atoms with van der Waals surface area (Å²) in [6.45, 7) is 0. The Kier molecular flexibility index (Phi) is 1.78. The highest BCUT2D eigenvalue weighted by Crippen LogP contribution is 2.23.